The molecule has 31 heavy (non-hydrogen) atoms. The molecule has 1 aliphatic carbocycles. The van der Waals surface area contributed by atoms with E-state index < -0.39 is 0 Å². The van der Waals surface area contributed by atoms with Crippen LogP contribution in [-0.2, 0) is 22.5 Å². The van der Waals surface area contributed by atoms with Crippen molar-refractivity contribution in [3.63, 3.8) is 0 Å². The molecule has 1 aliphatic rings. The summed E-state index contributed by atoms with van der Waals surface area (Å²) in [4.78, 5) is 24.6. The summed E-state index contributed by atoms with van der Waals surface area (Å²) in [5.74, 6) is 1.53. The van der Waals surface area contributed by atoms with Gasteiger partial charge in [0.05, 0.1) is 26.9 Å². The summed E-state index contributed by atoms with van der Waals surface area (Å²) < 4.78 is 15.5. The molecular weight excluding hydrogens is 394 g/mol. The van der Waals surface area contributed by atoms with Crippen molar-refractivity contribution in [1.29, 1.82) is 0 Å². The highest BCUT2D eigenvalue weighted by atomic mass is 16.5. The molecule has 0 aliphatic heterocycles. The number of hydrogen-bond acceptors (Lipinski definition) is 5. The zero-order valence-corrected chi connectivity index (χ0v) is 18.5. The highest BCUT2D eigenvalue weighted by Gasteiger charge is 2.31. The topological polar surface area (TPSA) is 73.9 Å². The molecule has 1 N–H and O–H groups in total. The molecule has 3 rings (SSSR count). The van der Waals surface area contributed by atoms with Crippen LogP contribution in [0.25, 0.3) is 0 Å². The maximum atomic E-state index is 13.0. The van der Waals surface area contributed by atoms with Crippen LogP contribution in [0.4, 0.5) is 0 Å². The van der Waals surface area contributed by atoms with Crippen molar-refractivity contribution in [2.24, 2.45) is 11.8 Å². The summed E-state index contributed by atoms with van der Waals surface area (Å²) in [5, 5.41) is 3.09. The maximum absolute atomic E-state index is 13.0. The number of nitrogens with one attached hydrogen (secondary N) is 1. The Morgan fingerprint density at radius 1 is 0.903 bits per heavy atom. The lowest BCUT2D eigenvalue weighted by Crippen LogP contribution is -2.37. The smallest absolute Gasteiger partial charge is 0.337 e. The molecule has 2 aromatic rings. The summed E-state index contributed by atoms with van der Waals surface area (Å²) in [6.07, 6.45) is 4.97. The fourth-order valence-corrected chi connectivity index (χ4v) is 4.28. The monoisotopic (exact) mass is 425 g/mol. The Labute approximate surface area is 183 Å². The molecule has 0 bridgehead atoms. The molecule has 1 fully saturated rings. The number of hydrogen-bond donors (Lipinski definition) is 1. The van der Waals surface area contributed by atoms with Gasteiger partial charge in [-0.1, -0.05) is 25.0 Å². The average Bonchev–Trinajstić information content (AvgIpc) is 2.82. The van der Waals surface area contributed by atoms with Gasteiger partial charge in [0.25, 0.3) is 0 Å². The molecule has 2 aromatic carbocycles. The molecule has 2 unspecified atom stereocenters. The number of rotatable bonds is 8. The third kappa shape index (κ3) is 6.00. The molecule has 0 saturated heterocycles. The van der Waals surface area contributed by atoms with E-state index in [-0.39, 0.29) is 23.7 Å². The van der Waals surface area contributed by atoms with E-state index in [2.05, 4.69) is 5.32 Å². The van der Waals surface area contributed by atoms with Crippen molar-refractivity contribution >= 4 is 11.9 Å². The zero-order chi connectivity index (χ0) is 22.2. The van der Waals surface area contributed by atoms with Crippen LogP contribution in [0.5, 0.6) is 11.5 Å². The Hall–Kier alpha value is -3.02. The Morgan fingerprint density at radius 3 is 2.16 bits per heavy atom. The molecule has 0 aromatic heterocycles. The minimum absolute atomic E-state index is 0.0136. The molecule has 166 valence electrons. The molecule has 0 spiro atoms. The van der Waals surface area contributed by atoms with Crippen LogP contribution in [0, 0.1) is 11.8 Å². The normalized spacial score (nSPS) is 18.2. The lowest BCUT2D eigenvalue weighted by atomic mass is 9.75. The van der Waals surface area contributed by atoms with Crippen molar-refractivity contribution in [1.82, 2.24) is 5.32 Å². The maximum Gasteiger partial charge on any atom is 0.337 e. The number of benzene rings is 2. The highest BCUT2D eigenvalue weighted by molar-refractivity contribution is 5.89. The SMILES string of the molecule is COC(=O)c1ccc(CNC(=O)C2CCCCC2Cc2cc(OC)cc(OC)c2)cc1. The molecule has 6 heteroatoms. The lowest BCUT2D eigenvalue weighted by molar-refractivity contribution is -0.127. The standard InChI is InChI=1S/C25H31NO5/c1-29-21-13-18(14-22(15-21)30-2)12-20-6-4-5-7-23(20)24(27)26-16-17-8-10-19(11-9-17)25(28)31-3/h8-11,13-15,20,23H,4-7,12,16H2,1-3H3,(H,26,27). The number of methoxy groups -OCH3 is 3. The van der Waals surface area contributed by atoms with Gasteiger partial charge in [-0.25, -0.2) is 4.79 Å². The van der Waals surface area contributed by atoms with Gasteiger partial charge in [-0.05, 0) is 60.6 Å². The van der Waals surface area contributed by atoms with E-state index in [0.29, 0.717) is 12.1 Å². The Bertz CT molecular complexity index is 871. The molecule has 1 saturated carbocycles. The van der Waals surface area contributed by atoms with Gasteiger partial charge in [-0.2, -0.15) is 0 Å². The Kier molecular flexibility index (Phi) is 7.93. The van der Waals surface area contributed by atoms with Gasteiger partial charge in [0.2, 0.25) is 5.91 Å². The summed E-state index contributed by atoms with van der Waals surface area (Å²) >= 11 is 0. The van der Waals surface area contributed by atoms with Crippen molar-refractivity contribution in [3.05, 3.63) is 59.2 Å². The number of carbonyl (C=O) groups is 2. The molecule has 6 nitrogen and oxygen atoms in total. The summed E-state index contributed by atoms with van der Waals surface area (Å²) in [7, 11) is 4.65. The predicted molar refractivity (Wildman–Crippen MR) is 118 cm³/mol. The number of amides is 1. The van der Waals surface area contributed by atoms with Gasteiger partial charge in [0.15, 0.2) is 0 Å². The second kappa shape index (κ2) is 10.8. The van der Waals surface area contributed by atoms with Crippen molar-refractivity contribution in [2.45, 2.75) is 38.6 Å². The quantitative estimate of drug-likeness (QED) is 0.643. The van der Waals surface area contributed by atoms with E-state index in [4.69, 9.17) is 14.2 Å². The first-order valence-electron chi connectivity index (χ1n) is 10.7. The van der Waals surface area contributed by atoms with Crippen LogP contribution in [-0.4, -0.2) is 33.2 Å². The first-order valence-corrected chi connectivity index (χ1v) is 10.7. The van der Waals surface area contributed by atoms with E-state index in [1.54, 1.807) is 26.4 Å². The largest absolute Gasteiger partial charge is 0.497 e. The van der Waals surface area contributed by atoms with Gasteiger partial charge >= 0.3 is 5.97 Å². The summed E-state index contributed by atoms with van der Waals surface area (Å²) in [6, 6.07) is 13.0. The van der Waals surface area contributed by atoms with Gasteiger partial charge in [-0.15, -0.1) is 0 Å². The molecular formula is C25H31NO5. The van der Waals surface area contributed by atoms with Crippen LogP contribution in [0.3, 0.4) is 0 Å². The van der Waals surface area contributed by atoms with Gasteiger partial charge in [0.1, 0.15) is 11.5 Å². The zero-order valence-electron chi connectivity index (χ0n) is 18.5. The van der Waals surface area contributed by atoms with E-state index >= 15 is 0 Å². The van der Waals surface area contributed by atoms with Crippen LogP contribution < -0.4 is 14.8 Å². The van der Waals surface area contributed by atoms with Crippen molar-refractivity contribution < 1.29 is 23.8 Å². The van der Waals surface area contributed by atoms with Crippen LogP contribution in [0.15, 0.2) is 42.5 Å². The summed E-state index contributed by atoms with van der Waals surface area (Å²) in [6.45, 7) is 0.441. The first kappa shape index (κ1) is 22.7. The third-order valence-corrected chi connectivity index (χ3v) is 6.00. The molecule has 1 amide bonds. The van der Waals surface area contributed by atoms with Crippen LogP contribution >= 0.6 is 0 Å². The average molecular weight is 426 g/mol. The minimum Gasteiger partial charge on any atom is -0.497 e. The number of carbonyl (C=O) groups excluding carboxylic acids is 2. The third-order valence-electron chi connectivity index (χ3n) is 6.00. The van der Waals surface area contributed by atoms with Gasteiger partial charge in [-0.3, -0.25) is 4.79 Å². The predicted octanol–water partition coefficient (Wildman–Crippen LogP) is 4.16. The molecule has 0 heterocycles. The minimum atomic E-state index is -0.366. The van der Waals surface area contributed by atoms with Gasteiger partial charge in [0, 0.05) is 18.5 Å². The van der Waals surface area contributed by atoms with E-state index in [9.17, 15) is 9.59 Å². The van der Waals surface area contributed by atoms with Crippen molar-refractivity contribution in [2.75, 3.05) is 21.3 Å². The fourth-order valence-electron chi connectivity index (χ4n) is 4.28. The van der Waals surface area contributed by atoms with E-state index in [1.807, 2.05) is 30.3 Å². The Balaban J connectivity index is 1.63. The van der Waals surface area contributed by atoms with E-state index in [1.165, 1.54) is 7.11 Å². The van der Waals surface area contributed by atoms with Gasteiger partial charge < -0.3 is 19.5 Å². The Morgan fingerprint density at radius 2 is 1.55 bits per heavy atom. The lowest BCUT2D eigenvalue weighted by Gasteiger charge is -2.31. The number of esters is 1. The molecule has 2 atom stereocenters. The van der Waals surface area contributed by atoms with Crippen molar-refractivity contribution in [3.8, 4) is 11.5 Å². The molecule has 0 radical (unpaired) electrons. The number of ether oxygens (including phenoxy) is 3. The van der Waals surface area contributed by atoms with Crippen LogP contribution in [0.2, 0.25) is 0 Å². The second-order valence-corrected chi connectivity index (χ2v) is 7.98. The van der Waals surface area contributed by atoms with Crippen LogP contribution in [0.1, 0.15) is 47.2 Å². The fraction of sp³-hybridized carbons (Fsp3) is 0.440. The summed E-state index contributed by atoms with van der Waals surface area (Å²) in [5.41, 5.74) is 2.57. The second-order valence-electron chi connectivity index (χ2n) is 7.98. The highest BCUT2D eigenvalue weighted by Crippen LogP contribution is 2.34. The van der Waals surface area contributed by atoms with E-state index in [0.717, 1.165) is 54.7 Å². The first-order chi connectivity index (χ1) is 15.0.